The van der Waals surface area contributed by atoms with Gasteiger partial charge in [0.05, 0.1) is 22.4 Å². The summed E-state index contributed by atoms with van der Waals surface area (Å²) in [7, 11) is -1.24. The van der Waals surface area contributed by atoms with E-state index in [1.54, 1.807) is 6.07 Å². The molecular formula is C13H16ClN3O3S. The monoisotopic (exact) mass is 329 g/mol. The zero-order valence-electron chi connectivity index (χ0n) is 11.7. The number of aliphatic hydroxyl groups excluding tert-OH is 1. The second-order valence-corrected chi connectivity index (χ2v) is 6.28. The van der Waals surface area contributed by atoms with Crippen LogP contribution in [0.3, 0.4) is 0 Å². The van der Waals surface area contributed by atoms with E-state index in [9.17, 15) is 9.32 Å². The standard InChI is InChI=1S/C13H16ClN3O3S/c1-9-3-4-11(14)12(5-9)20-7-10(18)6-17-8-15-13(16-17)21(2)19/h3-5,8,10,18H,6-7H2,1-2H3. The van der Waals surface area contributed by atoms with Gasteiger partial charge >= 0.3 is 0 Å². The van der Waals surface area contributed by atoms with E-state index in [2.05, 4.69) is 10.1 Å². The summed E-state index contributed by atoms with van der Waals surface area (Å²) in [6, 6.07) is 5.44. The fourth-order valence-corrected chi connectivity index (χ4v) is 2.26. The molecule has 1 aromatic carbocycles. The van der Waals surface area contributed by atoms with Gasteiger partial charge in [0.2, 0.25) is 5.16 Å². The highest BCUT2D eigenvalue weighted by Crippen LogP contribution is 2.25. The molecule has 0 aliphatic carbocycles. The Kier molecular flexibility index (Phi) is 5.33. The Hall–Kier alpha value is -1.44. The van der Waals surface area contributed by atoms with Crippen LogP contribution in [0.15, 0.2) is 29.7 Å². The fourth-order valence-electron chi connectivity index (χ4n) is 1.67. The van der Waals surface area contributed by atoms with Gasteiger partial charge in [0, 0.05) is 6.26 Å². The Morgan fingerprint density at radius 2 is 2.29 bits per heavy atom. The summed E-state index contributed by atoms with van der Waals surface area (Å²) in [5.41, 5.74) is 1.02. The van der Waals surface area contributed by atoms with Crippen molar-refractivity contribution in [2.75, 3.05) is 12.9 Å². The molecule has 2 rings (SSSR count). The zero-order chi connectivity index (χ0) is 15.4. The normalized spacial score (nSPS) is 13.9. The number of hydrogen-bond acceptors (Lipinski definition) is 5. The molecule has 1 aromatic heterocycles. The molecule has 0 bridgehead atoms. The first-order chi connectivity index (χ1) is 9.95. The van der Waals surface area contributed by atoms with E-state index >= 15 is 0 Å². The summed E-state index contributed by atoms with van der Waals surface area (Å²) >= 11 is 6.01. The highest BCUT2D eigenvalue weighted by molar-refractivity contribution is 7.84. The van der Waals surface area contributed by atoms with E-state index in [1.165, 1.54) is 17.3 Å². The van der Waals surface area contributed by atoms with Crippen molar-refractivity contribution in [2.45, 2.75) is 24.7 Å². The highest BCUT2D eigenvalue weighted by atomic mass is 35.5. The molecule has 114 valence electrons. The topological polar surface area (TPSA) is 77.2 Å². The van der Waals surface area contributed by atoms with E-state index in [4.69, 9.17) is 16.3 Å². The number of aromatic nitrogens is 3. The summed E-state index contributed by atoms with van der Waals surface area (Å²) in [6.45, 7) is 2.21. The number of ether oxygens (including phenoxy) is 1. The van der Waals surface area contributed by atoms with Crippen LogP contribution in [0.4, 0.5) is 0 Å². The summed E-state index contributed by atoms with van der Waals surface area (Å²) < 4.78 is 18.1. The van der Waals surface area contributed by atoms with E-state index in [1.807, 2.05) is 19.1 Å². The number of rotatable bonds is 6. The first kappa shape index (κ1) is 15.9. The lowest BCUT2D eigenvalue weighted by molar-refractivity contribution is 0.0890. The van der Waals surface area contributed by atoms with Crippen molar-refractivity contribution in [2.24, 2.45) is 0 Å². The van der Waals surface area contributed by atoms with Gasteiger partial charge in [-0.2, -0.15) is 0 Å². The number of nitrogens with zero attached hydrogens (tertiary/aromatic N) is 3. The summed E-state index contributed by atoms with van der Waals surface area (Å²) in [5, 5.41) is 14.7. The lowest BCUT2D eigenvalue weighted by Crippen LogP contribution is -2.24. The fraction of sp³-hybridized carbons (Fsp3) is 0.385. The molecule has 0 aliphatic heterocycles. The summed E-state index contributed by atoms with van der Waals surface area (Å²) in [5.74, 6) is 0.532. The van der Waals surface area contributed by atoms with Crippen molar-refractivity contribution in [1.29, 1.82) is 0 Å². The molecule has 0 radical (unpaired) electrons. The summed E-state index contributed by atoms with van der Waals surface area (Å²) in [4.78, 5) is 3.89. The van der Waals surface area contributed by atoms with E-state index in [0.29, 0.717) is 10.8 Å². The number of aliphatic hydroxyl groups is 1. The summed E-state index contributed by atoms with van der Waals surface area (Å²) in [6.07, 6.45) is 2.15. The largest absolute Gasteiger partial charge is 0.489 e. The third kappa shape index (κ3) is 4.52. The molecule has 0 spiro atoms. The second-order valence-electron chi connectivity index (χ2n) is 4.60. The van der Waals surface area contributed by atoms with Gasteiger partial charge in [-0.05, 0) is 24.6 Å². The third-order valence-corrected chi connectivity index (χ3v) is 3.70. The lowest BCUT2D eigenvalue weighted by atomic mass is 10.2. The molecule has 0 fully saturated rings. The van der Waals surface area contributed by atoms with Crippen LogP contribution in [-0.2, 0) is 17.3 Å². The Morgan fingerprint density at radius 3 is 2.95 bits per heavy atom. The van der Waals surface area contributed by atoms with Crippen molar-refractivity contribution >= 4 is 22.4 Å². The first-order valence-electron chi connectivity index (χ1n) is 6.25. The van der Waals surface area contributed by atoms with Gasteiger partial charge in [-0.1, -0.05) is 17.7 Å². The predicted octanol–water partition coefficient (Wildman–Crippen LogP) is 1.42. The lowest BCUT2D eigenvalue weighted by Gasteiger charge is -2.13. The van der Waals surface area contributed by atoms with Crippen LogP contribution in [0.2, 0.25) is 5.02 Å². The van der Waals surface area contributed by atoms with Crippen LogP contribution >= 0.6 is 11.6 Å². The molecular weight excluding hydrogens is 314 g/mol. The van der Waals surface area contributed by atoms with Crippen molar-refractivity contribution in [3.63, 3.8) is 0 Å². The molecule has 2 atom stereocenters. The van der Waals surface area contributed by atoms with Gasteiger partial charge in [0.1, 0.15) is 24.8 Å². The highest BCUT2D eigenvalue weighted by Gasteiger charge is 2.11. The Bertz CT molecular complexity index is 647. The second kappa shape index (κ2) is 7.02. The van der Waals surface area contributed by atoms with Crippen LogP contribution in [0.25, 0.3) is 0 Å². The molecule has 21 heavy (non-hydrogen) atoms. The first-order valence-corrected chi connectivity index (χ1v) is 8.19. The minimum atomic E-state index is -1.24. The van der Waals surface area contributed by atoms with Gasteiger partial charge in [0.15, 0.2) is 0 Å². The maximum Gasteiger partial charge on any atom is 0.238 e. The van der Waals surface area contributed by atoms with Crippen molar-refractivity contribution < 1.29 is 14.1 Å². The average molecular weight is 330 g/mol. The van der Waals surface area contributed by atoms with Crippen LogP contribution in [-0.4, -0.2) is 43.0 Å². The van der Waals surface area contributed by atoms with Gasteiger partial charge < -0.3 is 9.84 Å². The van der Waals surface area contributed by atoms with Crippen LogP contribution < -0.4 is 4.74 Å². The molecule has 2 unspecified atom stereocenters. The maximum atomic E-state index is 11.2. The Labute approximate surface area is 130 Å². The zero-order valence-corrected chi connectivity index (χ0v) is 13.3. The molecule has 8 heteroatoms. The molecule has 0 saturated heterocycles. The molecule has 0 saturated carbocycles. The van der Waals surface area contributed by atoms with E-state index < -0.39 is 16.9 Å². The molecule has 0 aliphatic rings. The molecule has 1 heterocycles. The molecule has 2 aromatic rings. The van der Waals surface area contributed by atoms with Gasteiger partial charge in [-0.15, -0.1) is 5.10 Å². The molecule has 6 nitrogen and oxygen atoms in total. The van der Waals surface area contributed by atoms with Gasteiger partial charge in [-0.3, -0.25) is 4.21 Å². The van der Waals surface area contributed by atoms with E-state index in [-0.39, 0.29) is 18.3 Å². The number of halogens is 1. The van der Waals surface area contributed by atoms with Crippen LogP contribution in [0.1, 0.15) is 5.56 Å². The Morgan fingerprint density at radius 1 is 1.52 bits per heavy atom. The number of hydrogen-bond donors (Lipinski definition) is 1. The average Bonchev–Trinajstić information content (AvgIpc) is 2.88. The molecule has 1 N–H and O–H groups in total. The SMILES string of the molecule is Cc1ccc(Cl)c(OCC(O)Cn2cnc(S(C)=O)n2)c1. The van der Waals surface area contributed by atoms with Gasteiger partial charge in [-0.25, -0.2) is 9.67 Å². The van der Waals surface area contributed by atoms with Crippen LogP contribution in [0.5, 0.6) is 5.75 Å². The maximum absolute atomic E-state index is 11.2. The van der Waals surface area contributed by atoms with Crippen molar-refractivity contribution in [3.05, 3.63) is 35.1 Å². The minimum absolute atomic E-state index is 0.0770. The van der Waals surface area contributed by atoms with Crippen molar-refractivity contribution in [3.8, 4) is 5.75 Å². The van der Waals surface area contributed by atoms with E-state index in [0.717, 1.165) is 5.56 Å². The number of benzene rings is 1. The predicted molar refractivity (Wildman–Crippen MR) is 80.0 cm³/mol. The smallest absolute Gasteiger partial charge is 0.238 e. The third-order valence-electron chi connectivity index (χ3n) is 2.69. The quantitative estimate of drug-likeness (QED) is 0.867. The van der Waals surface area contributed by atoms with Crippen LogP contribution in [0, 0.1) is 6.92 Å². The minimum Gasteiger partial charge on any atom is -0.489 e. The number of aryl methyl sites for hydroxylation is 1. The molecule has 0 amide bonds. The van der Waals surface area contributed by atoms with Gasteiger partial charge in [0.25, 0.3) is 0 Å². The Balaban J connectivity index is 1.90. The van der Waals surface area contributed by atoms with Crippen molar-refractivity contribution in [1.82, 2.24) is 14.8 Å².